The van der Waals surface area contributed by atoms with Gasteiger partial charge in [0.2, 0.25) is 0 Å². The van der Waals surface area contributed by atoms with Crippen molar-refractivity contribution < 1.29 is 14.7 Å². The maximum Gasteiger partial charge on any atom is 0.309 e. The zero-order valence-electron chi connectivity index (χ0n) is 11.3. The number of halogens is 1. The van der Waals surface area contributed by atoms with E-state index in [2.05, 4.69) is 21.2 Å². The second kappa shape index (κ2) is 6.19. The minimum absolute atomic E-state index is 0.181. The lowest BCUT2D eigenvalue weighted by atomic mass is 9.89. The van der Waals surface area contributed by atoms with Gasteiger partial charge in [-0.05, 0) is 44.9 Å². The summed E-state index contributed by atoms with van der Waals surface area (Å²) in [7, 11) is 0. The minimum atomic E-state index is -0.861. The molecule has 0 aromatic heterocycles. The molecule has 0 saturated heterocycles. The largest absolute Gasteiger partial charge is 0.481 e. The SMILES string of the molecule is Cc1c(Br)cccc1C(=O)NCCC(C)(C)C(=O)O. The number of carboxylic acid groups (broad SMARTS) is 1. The zero-order chi connectivity index (χ0) is 14.6. The Bertz CT molecular complexity index is 497. The summed E-state index contributed by atoms with van der Waals surface area (Å²) >= 11 is 3.38. The summed E-state index contributed by atoms with van der Waals surface area (Å²) in [6.45, 7) is 5.49. The van der Waals surface area contributed by atoms with Crippen LogP contribution in [0.15, 0.2) is 22.7 Å². The number of aliphatic carboxylic acids is 1. The van der Waals surface area contributed by atoms with Gasteiger partial charge in [-0.1, -0.05) is 22.0 Å². The van der Waals surface area contributed by atoms with Gasteiger partial charge in [0.15, 0.2) is 0 Å². The van der Waals surface area contributed by atoms with Gasteiger partial charge in [-0.15, -0.1) is 0 Å². The maximum absolute atomic E-state index is 12.0. The highest BCUT2D eigenvalue weighted by atomic mass is 79.9. The average molecular weight is 328 g/mol. The first-order valence-electron chi connectivity index (χ1n) is 6.02. The van der Waals surface area contributed by atoms with Gasteiger partial charge in [0.1, 0.15) is 0 Å². The number of carbonyl (C=O) groups is 2. The van der Waals surface area contributed by atoms with Crippen molar-refractivity contribution in [3.05, 3.63) is 33.8 Å². The summed E-state index contributed by atoms with van der Waals surface area (Å²) in [5, 5.41) is 11.7. The van der Waals surface area contributed by atoms with Crippen LogP contribution in [0, 0.1) is 12.3 Å². The van der Waals surface area contributed by atoms with Gasteiger partial charge in [-0.3, -0.25) is 9.59 Å². The van der Waals surface area contributed by atoms with E-state index in [1.807, 2.05) is 13.0 Å². The number of hydrogen-bond acceptors (Lipinski definition) is 2. The Hall–Kier alpha value is -1.36. The molecule has 5 heteroatoms. The summed E-state index contributed by atoms with van der Waals surface area (Å²) < 4.78 is 0.881. The molecule has 0 unspecified atom stereocenters. The predicted molar refractivity (Wildman–Crippen MR) is 77.2 cm³/mol. The summed E-state index contributed by atoms with van der Waals surface area (Å²) in [5.41, 5.74) is 0.638. The van der Waals surface area contributed by atoms with Crippen LogP contribution < -0.4 is 5.32 Å². The number of carboxylic acids is 1. The molecule has 0 aliphatic carbocycles. The van der Waals surface area contributed by atoms with E-state index in [1.54, 1.807) is 26.0 Å². The lowest BCUT2D eigenvalue weighted by Crippen LogP contribution is -2.32. The van der Waals surface area contributed by atoms with Gasteiger partial charge in [0.25, 0.3) is 5.91 Å². The van der Waals surface area contributed by atoms with E-state index < -0.39 is 11.4 Å². The fourth-order valence-electron chi connectivity index (χ4n) is 1.54. The molecular weight excluding hydrogens is 310 g/mol. The lowest BCUT2D eigenvalue weighted by Gasteiger charge is -2.19. The molecule has 0 spiro atoms. The number of nitrogens with one attached hydrogen (secondary N) is 1. The first-order chi connectivity index (χ1) is 8.75. The van der Waals surface area contributed by atoms with Gasteiger partial charge in [0, 0.05) is 16.6 Å². The van der Waals surface area contributed by atoms with Crippen molar-refractivity contribution >= 4 is 27.8 Å². The molecule has 0 saturated carbocycles. The van der Waals surface area contributed by atoms with E-state index in [4.69, 9.17) is 5.11 Å². The average Bonchev–Trinajstić information content (AvgIpc) is 2.32. The second-order valence-corrected chi connectivity index (χ2v) is 5.96. The Morgan fingerprint density at radius 3 is 2.58 bits per heavy atom. The van der Waals surface area contributed by atoms with Gasteiger partial charge in [-0.2, -0.15) is 0 Å². The molecule has 0 radical (unpaired) electrons. The van der Waals surface area contributed by atoms with Crippen LogP contribution in [0.1, 0.15) is 36.2 Å². The van der Waals surface area contributed by atoms with Crippen LogP contribution in [-0.4, -0.2) is 23.5 Å². The van der Waals surface area contributed by atoms with Crippen molar-refractivity contribution in [2.45, 2.75) is 27.2 Å². The van der Waals surface area contributed by atoms with Gasteiger partial charge < -0.3 is 10.4 Å². The third-order valence-corrected chi connectivity index (χ3v) is 3.99. The summed E-state index contributed by atoms with van der Waals surface area (Å²) in [6.07, 6.45) is 0.390. The van der Waals surface area contributed by atoms with Crippen LogP contribution in [0.3, 0.4) is 0 Å². The molecule has 0 aliphatic heterocycles. The van der Waals surface area contributed by atoms with Crippen molar-refractivity contribution in [3.63, 3.8) is 0 Å². The number of carbonyl (C=O) groups excluding carboxylic acids is 1. The van der Waals surface area contributed by atoms with Crippen molar-refractivity contribution in [2.24, 2.45) is 5.41 Å². The normalized spacial score (nSPS) is 11.2. The smallest absolute Gasteiger partial charge is 0.309 e. The molecule has 0 bridgehead atoms. The quantitative estimate of drug-likeness (QED) is 0.873. The molecule has 0 fully saturated rings. The highest BCUT2D eigenvalue weighted by Gasteiger charge is 2.26. The summed E-state index contributed by atoms with van der Waals surface area (Å²) in [5.74, 6) is -1.04. The van der Waals surface area contributed by atoms with E-state index >= 15 is 0 Å². The van der Waals surface area contributed by atoms with E-state index in [0.717, 1.165) is 10.0 Å². The number of benzene rings is 1. The molecule has 0 heterocycles. The van der Waals surface area contributed by atoms with Crippen LogP contribution in [0.25, 0.3) is 0 Å². The summed E-state index contributed by atoms with van der Waals surface area (Å²) in [4.78, 5) is 22.9. The molecule has 0 atom stereocenters. The Balaban J connectivity index is 2.62. The molecule has 19 heavy (non-hydrogen) atoms. The van der Waals surface area contributed by atoms with Gasteiger partial charge in [-0.25, -0.2) is 0 Å². The van der Waals surface area contributed by atoms with Crippen LogP contribution >= 0.6 is 15.9 Å². The molecule has 1 aromatic carbocycles. The highest BCUT2D eigenvalue weighted by molar-refractivity contribution is 9.10. The maximum atomic E-state index is 12.0. The first-order valence-corrected chi connectivity index (χ1v) is 6.81. The van der Waals surface area contributed by atoms with E-state index in [-0.39, 0.29) is 5.91 Å². The first kappa shape index (κ1) is 15.7. The van der Waals surface area contributed by atoms with Crippen molar-refractivity contribution in [2.75, 3.05) is 6.54 Å². The van der Waals surface area contributed by atoms with Crippen molar-refractivity contribution in [1.82, 2.24) is 5.32 Å². The van der Waals surface area contributed by atoms with Crippen LogP contribution in [0.4, 0.5) is 0 Å². The summed E-state index contributed by atoms with van der Waals surface area (Å²) in [6, 6.07) is 5.42. The molecule has 0 aliphatic rings. The standard InChI is InChI=1S/C14H18BrNO3/c1-9-10(5-4-6-11(9)15)12(17)16-8-7-14(2,3)13(18)19/h4-6H,7-8H2,1-3H3,(H,16,17)(H,18,19). The molecule has 2 N–H and O–H groups in total. The van der Waals surface area contributed by atoms with Gasteiger partial charge >= 0.3 is 5.97 Å². The van der Waals surface area contributed by atoms with Crippen molar-refractivity contribution in [3.8, 4) is 0 Å². The monoisotopic (exact) mass is 327 g/mol. The Morgan fingerprint density at radius 1 is 1.37 bits per heavy atom. The molecule has 1 amide bonds. The highest BCUT2D eigenvalue weighted by Crippen LogP contribution is 2.21. The van der Waals surface area contributed by atoms with Crippen LogP contribution in [-0.2, 0) is 4.79 Å². The molecule has 104 valence electrons. The zero-order valence-corrected chi connectivity index (χ0v) is 12.9. The minimum Gasteiger partial charge on any atom is -0.481 e. The molecule has 1 rings (SSSR count). The molecular formula is C14H18BrNO3. The Labute approximate surface area is 121 Å². The second-order valence-electron chi connectivity index (χ2n) is 5.11. The number of hydrogen-bond donors (Lipinski definition) is 2. The number of rotatable bonds is 5. The Kier molecular flexibility index (Phi) is 5.11. The molecule has 1 aromatic rings. The van der Waals surface area contributed by atoms with Crippen molar-refractivity contribution in [1.29, 1.82) is 0 Å². The fraction of sp³-hybridized carbons (Fsp3) is 0.429. The van der Waals surface area contributed by atoms with Crippen LogP contribution in [0.2, 0.25) is 0 Å². The number of amides is 1. The third-order valence-electron chi connectivity index (χ3n) is 3.13. The van der Waals surface area contributed by atoms with E-state index in [0.29, 0.717) is 18.5 Å². The predicted octanol–water partition coefficient (Wildman–Crippen LogP) is 2.99. The topological polar surface area (TPSA) is 66.4 Å². The van der Waals surface area contributed by atoms with Gasteiger partial charge in [0.05, 0.1) is 5.41 Å². The fourth-order valence-corrected chi connectivity index (χ4v) is 1.91. The Morgan fingerprint density at radius 2 is 2.00 bits per heavy atom. The third kappa shape index (κ3) is 4.06. The van der Waals surface area contributed by atoms with E-state index in [1.165, 1.54) is 0 Å². The molecule has 4 nitrogen and oxygen atoms in total. The lowest BCUT2D eigenvalue weighted by molar-refractivity contribution is -0.147. The van der Waals surface area contributed by atoms with E-state index in [9.17, 15) is 9.59 Å². The van der Waals surface area contributed by atoms with Crippen LogP contribution in [0.5, 0.6) is 0 Å².